The van der Waals surface area contributed by atoms with Crippen LogP contribution in [-0.2, 0) is 0 Å². The quantitative estimate of drug-likeness (QED) is 0.224. The molecule has 0 aliphatic rings. The van der Waals surface area contributed by atoms with E-state index < -0.39 is 0 Å². The molecule has 1 aromatic heterocycles. The zero-order chi connectivity index (χ0) is 25.7. The average molecular weight is 490 g/mol. The van der Waals surface area contributed by atoms with Crippen LogP contribution in [-0.4, -0.2) is 20.7 Å². The number of rotatable bonds is 6. The van der Waals surface area contributed by atoms with E-state index in [1.807, 2.05) is 140 Å². The van der Waals surface area contributed by atoms with Crippen LogP contribution in [0.2, 0.25) is 0 Å². The highest BCUT2D eigenvalue weighted by atomic mass is 16.1. The van der Waals surface area contributed by atoms with Crippen molar-refractivity contribution in [3.63, 3.8) is 0 Å². The third kappa shape index (κ3) is 4.75. The maximum Gasteiger partial charge on any atom is 0.231 e. The molecule has 0 fully saturated rings. The highest BCUT2D eigenvalue weighted by molar-refractivity contribution is 6.11. The maximum absolute atomic E-state index is 14.2. The number of carbonyl (C=O) groups is 1. The van der Waals surface area contributed by atoms with Gasteiger partial charge in [-0.3, -0.25) is 4.79 Å². The van der Waals surface area contributed by atoms with Gasteiger partial charge >= 0.3 is 0 Å². The summed E-state index contributed by atoms with van der Waals surface area (Å²) in [7, 11) is 0. The van der Waals surface area contributed by atoms with Gasteiger partial charge in [-0.25, -0.2) is 15.0 Å². The smallest absolute Gasteiger partial charge is 0.231 e. The number of ketones is 1. The first-order valence-corrected chi connectivity index (χ1v) is 12.4. The summed E-state index contributed by atoms with van der Waals surface area (Å²) < 4.78 is 0. The Bertz CT molecular complexity index is 1640. The van der Waals surface area contributed by atoms with Gasteiger partial charge in [-0.1, -0.05) is 133 Å². The fraction of sp³-hybridized carbons (Fsp3) is 0. The first-order valence-electron chi connectivity index (χ1n) is 12.4. The fourth-order valence-electron chi connectivity index (χ4n) is 4.44. The second kappa shape index (κ2) is 10.4. The van der Waals surface area contributed by atoms with Gasteiger partial charge in [0.1, 0.15) is 0 Å². The van der Waals surface area contributed by atoms with Crippen molar-refractivity contribution in [1.29, 1.82) is 0 Å². The lowest BCUT2D eigenvalue weighted by Gasteiger charge is -2.13. The fourth-order valence-corrected chi connectivity index (χ4v) is 4.44. The van der Waals surface area contributed by atoms with Crippen LogP contribution in [0.5, 0.6) is 0 Å². The van der Waals surface area contributed by atoms with E-state index in [1.165, 1.54) is 0 Å². The molecule has 4 nitrogen and oxygen atoms in total. The lowest BCUT2D eigenvalue weighted by molar-refractivity contribution is 0.103. The van der Waals surface area contributed by atoms with E-state index in [2.05, 4.69) is 9.97 Å². The van der Waals surface area contributed by atoms with Gasteiger partial charge in [-0.2, -0.15) is 0 Å². The molecule has 6 aromatic rings. The SMILES string of the molecule is O=C(c1nc(-c2ccccc2)nc(-c2ccccc2)n1)c1cc(-c2ccccc2)ccc1-c1ccccc1. The summed E-state index contributed by atoms with van der Waals surface area (Å²) in [6.07, 6.45) is 0. The molecule has 0 saturated heterocycles. The number of carbonyl (C=O) groups excluding carboxylic acids is 1. The molecule has 0 atom stereocenters. The van der Waals surface area contributed by atoms with E-state index in [4.69, 9.17) is 4.98 Å². The molecule has 1 heterocycles. The van der Waals surface area contributed by atoms with Gasteiger partial charge in [0.2, 0.25) is 11.6 Å². The van der Waals surface area contributed by atoms with Crippen molar-refractivity contribution in [2.45, 2.75) is 0 Å². The molecule has 5 aromatic carbocycles. The number of hydrogen-bond donors (Lipinski definition) is 0. The summed E-state index contributed by atoms with van der Waals surface area (Å²) in [5.41, 5.74) is 5.96. The minimum Gasteiger partial charge on any atom is -0.285 e. The van der Waals surface area contributed by atoms with Crippen LogP contribution in [0.4, 0.5) is 0 Å². The minimum absolute atomic E-state index is 0.111. The molecule has 0 bridgehead atoms. The number of hydrogen-bond acceptors (Lipinski definition) is 4. The second-order valence-corrected chi connectivity index (χ2v) is 8.86. The lowest BCUT2D eigenvalue weighted by atomic mass is 9.92. The Kier molecular flexibility index (Phi) is 6.35. The van der Waals surface area contributed by atoms with Crippen molar-refractivity contribution in [3.05, 3.63) is 151 Å². The van der Waals surface area contributed by atoms with Crippen molar-refractivity contribution in [2.24, 2.45) is 0 Å². The first kappa shape index (κ1) is 23.2. The lowest BCUT2D eigenvalue weighted by Crippen LogP contribution is -2.12. The molecule has 0 aliphatic heterocycles. The van der Waals surface area contributed by atoms with Crippen LogP contribution in [0.15, 0.2) is 140 Å². The number of aromatic nitrogens is 3. The third-order valence-corrected chi connectivity index (χ3v) is 6.36. The second-order valence-electron chi connectivity index (χ2n) is 8.86. The minimum atomic E-state index is -0.251. The van der Waals surface area contributed by atoms with Crippen LogP contribution in [0.25, 0.3) is 45.0 Å². The number of benzene rings is 5. The zero-order valence-electron chi connectivity index (χ0n) is 20.5. The standard InChI is InChI=1S/C34H23N3O/c38-31(30-23-28(24-13-5-1-6-14-24)21-22-29(30)25-15-7-2-8-16-25)34-36-32(26-17-9-3-10-18-26)35-33(37-34)27-19-11-4-12-20-27/h1-23H. The Balaban J connectivity index is 1.54. The van der Waals surface area contributed by atoms with Gasteiger partial charge < -0.3 is 0 Å². The molecule has 0 amide bonds. The molecule has 0 N–H and O–H groups in total. The molecule has 38 heavy (non-hydrogen) atoms. The molecular formula is C34H23N3O. The highest BCUT2D eigenvalue weighted by Gasteiger charge is 2.21. The van der Waals surface area contributed by atoms with Crippen LogP contribution in [0.3, 0.4) is 0 Å². The molecular weight excluding hydrogens is 466 g/mol. The van der Waals surface area contributed by atoms with E-state index >= 15 is 0 Å². The summed E-state index contributed by atoms with van der Waals surface area (Å²) in [4.78, 5) is 28.3. The molecule has 180 valence electrons. The van der Waals surface area contributed by atoms with Gasteiger partial charge in [0, 0.05) is 16.7 Å². The Labute approximate surface area is 221 Å². The largest absolute Gasteiger partial charge is 0.285 e. The van der Waals surface area contributed by atoms with E-state index in [1.54, 1.807) is 0 Å². The average Bonchev–Trinajstić information content (AvgIpc) is 3.02. The third-order valence-electron chi connectivity index (χ3n) is 6.36. The molecule has 0 saturated carbocycles. The van der Waals surface area contributed by atoms with Crippen molar-refractivity contribution in [3.8, 4) is 45.0 Å². The summed E-state index contributed by atoms with van der Waals surface area (Å²) >= 11 is 0. The monoisotopic (exact) mass is 489 g/mol. The molecule has 0 radical (unpaired) electrons. The van der Waals surface area contributed by atoms with Gasteiger partial charge in [-0.15, -0.1) is 0 Å². The van der Waals surface area contributed by atoms with Crippen molar-refractivity contribution in [1.82, 2.24) is 15.0 Å². The van der Waals surface area contributed by atoms with E-state index in [-0.39, 0.29) is 11.6 Å². The molecule has 0 unspecified atom stereocenters. The van der Waals surface area contributed by atoms with Crippen molar-refractivity contribution < 1.29 is 4.79 Å². The highest BCUT2D eigenvalue weighted by Crippen LogP contribution is 2.31. The first-order chi connectivity index (χ1) is 18.8. The summed E-state index contributed by atoms with van der Waals surface area (Å²) in [5, 5.41) is 0. The van der Waals surface area contributed by atoms with Crippen molar-refractivity contribution >= 4 is 5.78 Å². The van der Waals surface area contributed by atoms with Crippen LogP contribution in [0.1, 0.15) is 16.2 Å². The molecule has 0 spiro atoms. The molecule has 4 heteroatoms. The topological polar surface area (TPSA) is 55.7 Å². The van der Waals surface area contributed by atoms with Gasteiger partial charge in [0.25, 0.3) is 0 Å². The predicted molar refractivity (Wildman–Crippen MR) is 151 cm³/mol. The Morgan fingerprint density at radius 3 is 1.37 bits per heavy atom. The van der Waals surface area contributed by atoms with Gasteiger partial charge in [0.05, 0.1) is 0 Å². The Morgan fingerprint density at radius 1 is 0.421 bits per heavy atom. The Hall–Kier alpha value is -5.22. The molecule has 0 aliphatic carbocycles. The molecule has 6 rings (SSSR count). The van der Waals surface area contributed by atoms with E-state index in [0.29, 0.717) is 17.2 Å². The summed E-state index contributed by atoms with van der Waals surface area (Å²) in [6, 6.07) is 45.3. The van der Waals surface area contributed by atoms with E-state index in [0.717, 1.165) is 33.4 Å². The van der Waals surface area contributed by atoms with Gasteiger partial charge in [0.15, 0.2) is 11.6 Å². The van der Waals surface area contributed by atoms with Crippen LogP contribution < -0.4 is 0 Å². The van der Waals surface area contributed by atoms with E-state index in [9.17, 15) is 4.79 Å². The van der Waals surface area contributed by atoms with Gasteiger partial charge in [-0.05, 0) is 28.3 Å². The van der Waals surface area contributed by atoms with Crippen LogP contribution >= 0.6 is 0 Å². The van der Waals surface area contributed by atoms with Crippen molar-refractivity contribution in [2.75, 3.05) is 0 Å². The van der Waals surface area contributed by atoms with Crippen LogP contribution in [0, 0.1) is 0 Å². The summed E-state index contributed by atoms with van der Waals surface area (Å²) in [5.74, 6) is 0.782. The summed E-state index contributed by atoms with van der Waals surface area (Å²) in [6.45, 7) is 0. The maximum atomic E-state index is 14.2. The predicted octanol–water partition coefficient (Wildman–Crippen LogP) is 7.77. The normalized spacial score (nSPS) is 10.7. The number of nitrogens with zero attached hydrogens (tertiary/aromatic N) is 3. The Morgan fingerprint density at radius 2 is 0.868 bits per heavy atom. The zero-order valence-corrected chi connectivity index (χ0v) is 20.5.